The highest BCUT2D eigenvalue weighted by Crippen LogP contribution is 2.36. The van der Waals surface area contributed by atoms with Crippen LogP contribution in [-0.2, 0) is 4.74 Å². The van der Waals surface area contributed by atoms with Gasteiger partial charge < -0.3 is 9.64 Å². The maximum atomic E-state index is 5.80. The van der Waals surface area contributed by atoms with Crippen LogP contribution in [0.4, 0.5) is 5.82 Å². The number of ether oxygens (including phenoxy) is 1. The number of rotatable bonds is 3. The van der Waals surface area contributed by atoms with E-state index in [2.05, 4.69) is 30.0 Å². The van der Waals surface area contributed by atoms with Gasteiger partial charge in [-0.2, -0.15) is 5.10 Å². The molecule has 3 saturated heterocycles. The van der Waals surface area contributed by atoms with E-state index in [9.17, 15) is 0 Å². The zero-order valence-electron chi connectivity index (χ0n) is 17.8. The number of anilines is 1. The number of morpholine rings is 1. The number of benzene rings is 1. The molecule has 0 amide bonds. The molecule has 0 radical (unpaired) electrons. The van der Waals surface area contributed by atoms with Crippen LogP contribution in [0, 0.1) is 13.8 Å². The summed E-state index contributed by atoms with van der Waals surface area (Å²) in [6.45, 7) is 6.05. The summed E-state index contributed by atoms with van der Waals surface area (Å²) in [6, 6.07) is 6.76. The Kier molecular flexibility index (Phi) is 4.30. The van der Waals surface area contributed by atoms with Gasteiger partial charge in [-0.05, 0) is 55.9 Å². The molecule has 2 unspecified atom stereocenters. The third kappa shape index (κ3) is 3.09. The van der Waals surface area contributed by atoms with Gasteiger partial charge in [-0.3, -0.25) is 0 Å². The zero-order chi connectivity index (χ0) is 20.2. The lowest BCUT2D eigenvalue weighted by Gasteiger charge is -2.47. The maximum Gasteiger partial charge on any atom is 0.159 e. The van der Waals surface area contributed by atoms with E-state index >= 15 is 0 Å². The fraction of sp³-hybridized carbons (Fsp3) is 0.542. The summed E-state index contributed by atoms with van der Waals surface area (Å²) >= 11 is 0. The van der Waals surface area contributed by atoms with Gasteiger partial charge in [0.05, 0.1) is 23.9 Å². The Hall–Kier alpha value is -2.47. The van der Waals surface area contributed by atoms with Crippen molar-refractivity contribution in [3.05, 3.63) is 41.3 Å². The molecule has 1 saturated carbocycles. The molecular weight excluding hydrogens is 374 g/mol. The number of aromatic nitrogens is 4. The molecule has 2 atom stereocenters. The molecule has 30 heavy (non-hydrogen) atoms. The predicted octanol–water partition coefficient (Wildman–Crippen LogP) is 4.46. The number of hydrogen-bond donors (Lipinski definition) is 0. The van der Waals surface area contributed by atoms with Crippen LogP contribution in [0.5, 0.6) is 0 Å². The van der Waals surface area contributed by atoms with Gasteiger partial charge in [0.2, 0.25) is 0 Å². The smallest absolute Gasteiger partial charge is 0.159 e. The molecule has 7 rings (SSSR count). The van der Waals surface area contributed by atoms with Crippen molar-refractivity contribution in [1.82, 2.24) is 19.7 Å². The predicted molar refractivity (Wildman–Crippen MR) is 117 cm³/mol. The quantitative estimate of drug-likeness (QED) is 0.646. The Balaban J connectivity index is 1.40. The molecule has 5 heterocycles. The molecule has 3 aromatic rings. The van der Waals surface area contributed by atoms with Crippen molar-refractivity contribution in [2.45, 2.75) is 70.5 Å². The summed E-state index contributed by atoms with van der Waals surface area (Å²) in [5.41, 5.74) is 4.03. The van der Waals surface area contributed by atoms with Gasteiger partial charge in [-0.15, -0.1) is 0 Å². The van der Waals surface area contributed by atoms with Crippen LogP contribution in [0.3, 0.4) is 0 Å². The van der Waals surface area contributed by atoms with Gasteiger partial charge in [-0.25, -0.2) is 14.6 Å². The molecule has 6 heteroatoms. The van der Waals surface area contributed by atoms with E-state index in [1.54, 1.807) is 0 Å². The molecule has 0 spiro atoms. The minimum absolute atomic E-state index is 0.356. The molecule has 156 valence electrons. The average Bonchev–Trinajstić information content (AvgIpc) is 3.15. The fourth-order valence-electron chi connectivity index (χ4n) is 5.59. The number of aryl methyl sites for hydroxylation is 2. The van der Waals surface area contributed by atoms with E-state index in [0.29, 0.717) is 18.1 Å². The van der Waals surface area contributed by atoms with Gasteiger partial charge in [0.15, 0.2) is 5.82 Å². The molecule has 1 aliphatic carbocycles. The van der Waals surface area contributed by atoms with Gasteiger partial charge >= 0.3 is 0 Å². The monoisotopic (exact) mass is 403 g/mol. The minimum atomic E-state index is 0.356. The van der Waals surface area contributed by atoms with Crippen LogP contribution in [0.25, 0.3) is 16.7 Å². The van der Waals surface area contributed by atoms with Gasteiger partial charge in [0.25, 0.3) is 0 Å². The highest BCUT2D eigenvalue weighted by atomic mass is 16.5. The lowest BCUT2D eigenvalue weighted by Crippen LogP contribution is -2.57. The largest absolute Gasteiger partial charge is 0.371 e. The molecular formula is C24H29N5O. The van der Waals surface area contributed by atoms with E-state index in [0.717, 1.165) is 36.1 Å². The highest BCUT2D eigenvalue weighted by Gasteiger charge is 2.39. The van der Waals surface area contributed by atoms with E-state index < -0.39 is 0 Å². The molecule has 2 aromatic heterocycles. The lowest BCUT2D eigenvalue weighted by molar-refractivity contribution is -0.133. The fourth-order valence-corrected chi connectivity index (χ4v) is 5.59. The summed E-state index contributed by atoms with van der Waals surface area (Å²) < 4.78 is 7.80. The van der Waals surface area contributed by atoms with Crippen molar-refractivity contribution in [3.8, 4) is 5.82 Å². The zero-order valence-corrected chi connectivity index (χ0v) is 17.8. The number of nitrogens with zero attached hydrogens (tertiary/aromatic N) is 5. The maximum absolute atomic E-state index is 5.80. The van der Waals surface area contributed by atoms with Crippen molar-refractivity contribution in [3.63, 3.8) is 0 Å². The van der Waals surface area contributed by atoms with Crippen molar-refractivity contribution >= 4 is 16.7 Å². The summed E-state index contributed by atoms with van der Waals surface area (Å²) in [5.74, 6) is 3.30. The molecule has 6 nitrogen and oxygen atoms in total. The number of hydrogen-bond acceptors (Lipinski definition) is 5. The van der Waals surface area contributed by atoms with Crippen LogP contribution in [0.15, 0.2) is 24.4 Å². The van der Waals surface area contributed by atoms with Crippen LogP contribution < -0.4 is 4.90 Å². The summed E-state index contributed by atoms with van der Waals surface area (Å²) in [6.07, 6.45) is 10.5. The molecule has 2 bridgehead atoms. The Morgan fingerprint density at radius 2 is 1.67 bits per heavy atom. The highest BCUT2D eigenvalue weighted by molar-refractivity contribution is 5.82. The van der Waals surface area contributed by atoms with Crippen molar-refractivity contribution < 1.29 is 4.74 Å². The van der Waals surface area contributed by atoms with Crippen molar-refractivity contribution in [2.75, 3.05) is 18.0 Å². The van der Waals surface area contributed by atoms with E-state index in [1.165, 1.54) is 55.0 Å². The second kappa shape index (κ2) is 7.05. The molecule has 4 fully saturated rings. The first-order valence-corrected chi connectivity index (χ1v) is 11.4. The lowest BCUT2D eigenvalue weighted by atomic mass is 9.82. The molecule has 3 aliphatic heterocycles. The van der Waals surface area contributed by atoms with Crippen molar-refractivity contribution in [2.24, 2.45) is 0 Å². The Bertz CT molecular complexity index is 1080. The Morgan fingerprint density at radius 3 is 2.43 bits per heavy atom. The first kappa shape index (κ1) is 18.3. The van der Waals surface area contributed by atoms with E-state index in [4.69, 9.17) is 19.8 Å². The van der Waals surface area contributed by atoms with Crippen LogP contribution in [-0.4, -0.2) is 45.0 Å². The topological polar surface area (TPSA) is 56.1 Å². The second-order valence-electron chi connectivity index (χ2n) is 9.31. The standard InChI is InChI=1S/C24H29N5O/c1-15-8-18-12-25-29(22(18)10-21(15)17-6-4-3-5-7-17)24-11-23(26-16(2)27-24)28-13-19-9-20(14-28)30-19/h8,10-12,17,19-20H,3-7,9,13-14H2,1-2H3. The third-order valence-electron chi connectivity index (χ3n) is 7.11. The number of piperidine rings is 1. The van der Waals surface area contributed by atoms with Gasteiger partial charge in [-0.1, -0.05) is 19.3 Å². The van der Waals surface area contributed by atoms with Crippen molar-refractivity contribution in [1.29, 1.82) is 0 Å². The SMILES string of the molecule is Cc1nc(N2CC3CC(C2)O3)cc(-n2ncc3cc(C)c(C4CCCCC4)cc32)n1. The minimum Gasteiger partial charge on any atom is -0.371 e. The summed E-state index contributed by atoms with van der Waals surface area (Å²) in [4.78, 5) is 11.8. The Labute approximate surface area is 177 Å². The van der Waals surface area contributed by atoms with Gasteiger partial charge in [0.1, 0.15) is 11.6 Å². The summed E-state index contributed by atoms with van der Waals surface area (Å²) in [5, 5.41) is 5.91. The average molecular weight is 404 g/mol. The van der Waals surface area contributed by atoms with Crippen LogP contribution in [0.1, 0.15) is 61.4 Å². The molecule has 4 aliphatic rings. The van der Waals surface area contributed by atoms with E-state index in [1.807, 2.05) is 17.8 Å². The molecule has 0 N–H and O–H groups in total. The van der Waals surface area contributed by atoms with E-state index in [-0.39, 0.29) is 0 Å². The normalized spacial score (nSPS) is 24.3. The van der Waals surface area contributed by atoms with Crippen LogP contribution in [0.2, 0.25) is 0 Å². The van der Waals surface area contributed by atoms with Crippen LogP contribution >= 0.6 is 0 Å². The third-order valence-corrected chi connectivity index (χ3v) is 7.11. The second-order valence-corrected chi connectivity index (χ2v) is 9.31. The van der Waals surface area contributed by atoms with Gasteiger partial charge in [0, 0.05) is 31.0 Å². The first-order valence-electron chi connectivity index (χ1n) is 11.4. The first-order chi connectivity index (χ1) is 14.6. The Morgan fingerprint density at radius 1 is 0.933 bits per heavy atom. The summed E-state index contributed by atoms with van der Waals surface area (Å²) in [7, 11) is 0. The number of fused-ring (bicyclic) bond motifs is 3. The molecule has 1 aromatic carbocycles.